The van der Waals surface area contributed by atoms with Gasteiger partial charge in [-0.15, -0.1) is 0 Å². The zero-order valence-corrected chi connectivity index (χ0v) is 9.22. The summed E-state index contributed by atoms with van der Waals surface area (Å²) in [5.41, 5.74) is -0.453. The highest BCUT2D eigenvalue weighted by atomic mass is 19.4. The highest BCUT2D eigenvalue weighted by Crippen LogP contribution is 2.29. The zero-order valence-electron chi connectivity index (χ0n) is 9.22. The van der Waals surface area contributed by atoms with Crippen LogP contribution >= 0.6 is 0 Å². The molecule has 1 fully saturated rings. The fraction of sp³-hybridized carbons (Fsp3) is 0.545. The molecule has 1 aliphatic rings. The van der Waals surface area contributed by atoms with Crippen LogP contribution in [0.4, 0.5) is 13.2 Å². The Labute approximate surface area is 97.4 Å². The molecule has 0 atom stereocenters. The van der Waals surface area contributed by atoms with Gasteiger partial charge in [-0.05, 0) is 12.1 Å². The van der Waals surface area contributed by atoms with E-state index in [1.54, 1.807) is 24.4 Å². The second kappa shape index (κ2) is 4.62. The van der Waals surface area contributed by atoms with Gasteiger partial charge in [0.05, 0.1) is 12.1 Å². The maximum absolute atomic E-state index is 12.6. The first-order valence-electron chi connectivity index (χ1n) is 5.46. The standard InChI is InChI=1S/C11H14F3N3/c12-11(13,14)8-10(16-5-6-17-10)7-9-3-1-2-4-15-9/h1-4,16-17H,5-8H2. The summed E-state index contributed by atoms with van der Waals surface area (Å²) >= 11 is 0. The Morgan fingerprint density at radius 2 is 1.94 bits per heavy atom. The number of aromatic nitrogens is 1. The number of hydrogen-bond donors (Lipinski definition) is 2. The van der Waals surface area contributed by atoms with Crippen LogP contribution in [0.1, 0.15) is 12.1 Å². The van der Waals surface area contributed by atoms with Gasteiger partial charge in [0, 0.05) is 31.4 Å². The lowest BCUT2D eigenvalue weighted by Gasteiger charge is -2.30. The molecule has 94 valence electrons. The van der Waals surface area contributed by atoms with E-state index in [1.165, 1.54) is 0 Å². The average molecular weight is 245 g/mol. The van der Waals surface area contributed by atoms with Crippen LogP contribution < -0.4 is 10.6 Å². The normalized spacial score (nSPS) is 19.5. The van der Waals surface area contributed by atoms with Gasteiger partial charge in [0.2, 0.25) is 0 Å². The first-order chi connectivity index (χ1) is 7.99. The summed E-state index contributed by atoms with van der Waals surface area (Å²) in [5.74, 6) is 0. The largest absolute Gasteiger partial charge is 0.392 e. The van der Waals surface area contributed by atoms with E-state index in [-0.39, 0.29) is 6.42 Å². The van der Waals surface area contributed by atoms with E-state index in [4.69, 9.17) is 0 Å². The first kappa shape index (κ1) is 12.3. The molecule has 17 heavy (non-hydrogen) atoms. The molecule has 2 N–H and O–H groups in total. The second-order valence-electron chi connectivity index (χ2n) is 4.23. The van der Waals surface area contributed by atoms with Gasteiger partial charge in [0.15, 0.2) is 0 Å². The molecular formula is C11H14F3N3. The molecule has 2 heterocycles. The van der Waals surface area contributed by atoms with Crippen molar-refractivity contribution >= 4 is 0 Å². The number of nitrogens with one attached hydrogen (secondary N) is 2. The molecule has 2 rings (SSSR count). The average Bonchev–Trinajstić information content (AvgIpc) is 2.65. The molecule has 0 saturated carbocycles. The molecular weight excluding hydrogens is 231 g/mol. The maximum Gasteiger partial charge on any atom is 0.392 e. The van der Waals surface area contributed by atoms with Crippen LogP contribution in [-0.2, 0) is 6.42 Å². The monoisotopic (exact) mass is 245 g/mol. The van der Waals surface area contributed by atoms with Crippen molar-refractivity contribution in [2.45, 2.75) is 24.7 Å². The molecule has 0 bridgehead atoms. The lowest BCUT2D eigenvalue weighted by molar-refractivity contribution is -0.151. The number of halogens is 3. The van der Waals surface area contributed by atoms with Crippen LogP contribution in [0, 0.1) is 0 Å². The Bertz CT molecular complexity index is 358. The second-order valence-corrected chi connectivity index (χ2v) is 4.23. The van der Waals surface area contributed by atoms with E-state index in [1.807, 2.05) is 0 Å². The summed E-state index contributed by atoms with van der Waals surface area (Å²) in [6, 6.07) is 5.26. The molecule has 1 saturated heterocycles. The van der Waals surface area contributed by atoms with Crippen molar-refractivity contribution in [3.63, 3.8) is 0 Å². The SMILES string of the molecule is FC(F)(F)CC1(Cc2ccccn2)NCCN1. The number of hydrogen-bond acceptors (Lipinski definition) is 3. The van der Waals surface area contributed by atoms with Crippen molar-refractivity contribution in [2.75, 3.05) is 13.1 Å². The third-order valence-electron chi connectivity index (χ3n) is 2.76. The van der Waals surface area contributed by atoms with Crippen LogP contribution in [0.5, 0.6) is 0 Å². The van der Waals surface area contributed by atoms with E-state index in [9.17, 15) is 13.2 Å². The lowest BCUT2D eigenvalue weighted by Crippen LogP contribution is -2.54. The van der Waals surface area contributed by atoms with Crippen molar-refractivity contribution < 1.29 is 13.2 Å². The molecule has 0 amide bonds. The van der Waals surface area contributed by atoms with Gasteiger partial charge in [-0.25, -0.2) is 0 Å². The van der Waals surface area contributed by atoms with Gasteiger partial charge in [-0.3, -0.25) is 15.6 Å². The Balaban J connectivity index is 2.12. The van der Waals surface area contributed by atoms with Gasteiger partial charge >= 0.3 is 6.18 Å². The Morgan fingerprint density at radius 3 is 2.47 bits per heavy atom. The summed E-state index contributed by atoms with van der Waals surface area (Å²) in [6.07, 6.45) is -3.27. The Kier molecular flexibility index (Phi) is 3.35. The molecule has 1 aromatic heterocycles. The Hall–Kier alpha value is -1.14. The van der Waals surface area contributed by atoms with E-state index in [2.05, 4.69) is 15.6 Å². The molecule has 0 unspecified atom stereocenters. The summed E-state index contributed by atoms with van der Waals surface area (Å²) in [7, 11) is 0. The molecule has 0 aromatic carbocycles. The molecule has 0 aliphatic carbocycles. The smallest absolute Gasteiger partial charge is 0.297 e. The first-order valence-corrected chi connectivity index (χ1v) is 5.46. The quantitative estimate of drug-likeness (QED) is 0.846. The molecule has 1 aliphatic heterocycles. The Morgan fingerprint density at radius 1 is 1.24 bits per heavy atom. The number of nitrogens with zero attached hydrogens (tertiary/aromatic N) is 1. The lowest BCUT2D eigenvalue weighted by atomic mass is 10.00. The van der Waals surface area contributed by atoms with Crippen molar-refractivity contribution in [3.8, 4) is 0 Å². The third-order valence-corrected chi connectivity index (χ3v) is 2.76. The van der Waals surface area contributed by atoms with Crippen molar-refractivity contribution in [3.05, 3.63) is 30.1 Å². The number of pyridine rings is 1. The fourth-order valence-corrected chi connectivity index (χ4v) is 2.13. The number of rotatable bonds is 3. The van der Waals surface area contributed by atoms with Crippen LogP contribution in [0.3, 0.4) is 0 Å². The minimum Gasteiger partial charge on any atom is -0.297 e. The summed E-state index contributed by atoms with van der Waals surface area (Å²) in [5, 5.41) is 5.81. The minimum absolute atomic E-state index is 0.230. The van der Waals surface area contributed by atoms with E-state index in [0.717, 1.165) is 0 Å². The third kappa shape index (κ3) is 3.41. The predicted octanol–water partition coefficient (Wildman–Crippen LogP) is 1.47. The zero-order chi connectivity index (χ0) is 12.4. The van der Waals surface area contributed by atoms with Crippen LogP contribution in [0.25, 0.3) is 0 Å². The van der Waals surface area contributed by atoms with Gasteiger partial charge in [-0.2, -0.15) is 13.2 Å². The van der Waals surface area contributed by atoms with Gasteiger partial charge in [0.25, 0.3) is 0 Å². The van der Waals surface area contributed by atoms with Crippen molar-refractivity contribution in [1.29, 1.82) is 0 Å². The topological polar surface area (TPSA) is 37.0 Å². The van der Waals surface area contributed by atoms with E-state index >= 15 is 0 Å². The molecule has 3 nitrogen and oxygen atoms in total. The molecule has 0 spiro atoms. The van der Waals surface area contributed by atoms with Crippen LogP contribution in [0.2, 0.25) is 0 Å². The summed E-state index contributed by atoms with van der Waals surface area (Å²) < 4.78 is 37.7. The highest BCUT2D eigenvalue weighted by molar-refractivity contribution is 5.10. The summed E-state index contributed by atoms with van der Waals surface area (Å²) in [6.45, 7) is 1.09. The number of alkyl halides is 3. The highest BCUT2D eigenvalue weighted by Gasteiger charge is 2.44. The van der Waals surface area contributed by atoms with Crippen molar-refractivity contribution in [2.24, 2.45) is 0 Å². The maximum atomic E-state index is 12.6. The predicted molar refractivity (Wildman–Crippen MR) is 57.3 cm³/mol. The van der Waals surface area contributed by atoms with Crippen LogP contribution in [0.15, 0.2) is 24.4 Å². The van der Waals surface area contributed by atoms with Gasteiger partial charge < -0.3 is 0 Å². The van der Waals surface area contributed by atoms with Crippen molar-refractivity contribution in [1.82, 2.24) is 15.6 Å². The van der Waals surface area contributed by atoms with E-state index in [0.29, 0.717) is 18.8 Å². The van der Waals surface area contributed by atoms with Crippen LogP contribution in [-0.4, -0.2) is 29.9 Å². The molecule has 0 radical (unpaired) electrons. The summed E-state index contributed by atoms with van der Waals surface area (Å²) in [4.78, 5) is 4.07. The minimum atomic E-state index is -4.20. The van der Waals surface area contributed by atoms with Gasteiger partial charge in [0.1, 0.15) is 0 Å². The molecule has 1 aromatic rings. The van der Waals surface area contributed by atoms with Gasteiger partial charge in [-0.1, -0.05) is 6.07 Å². The fourth-order valence-electron chi connectivity index (χ4n) is 2.13. The molecule has 6 heteroatoms. The van der Waals surface area contributed by atoms with E-state index < -0.39 is 18.3 Å².